The Kier molecular flexibility index (Phi) is 4.07. The molecule has 0 aliphatic rings. The van der Waals surface area contributed by atoms with Gasteiger partial charge in [0.05, 0.1) is 5.41 Å². The Morgan fingerprint density at radius 3 is 2.44 bits per heavy atom. The summed E-state index contributed by atoms with van der Waals surface area (Å²) in [5, 5.41) is 9.03. The van der Waals surface area contributed by atoms with E-state index in [0.717, 1.165) is 6.42 Å². The summed E-state index contributed by atoms with van der Waals surface area (Å²) in [7, 11) is 0. The summed E-state index contributed by atoms with van der Waals surface area (Å²) in [6.45, 7) is 3.34. The molecule has 0 aliphatic heterocycles. The average Bonchev–Trinajstić information content (AvgIpc) is 2.27. The number of carbonyl (C=O) groups is 1. The quantitative estimate of drug-likeness (QED) is 0.800. The zero-order valence-electron chi connectivity index (χ0n) is 9.81. The minimum absolute atomic E-state index is 0.329. The second-order valence-electron chi connectivity index (χ2n) is 4.66. The Hall–Kier alpha value is -1.35. The fraction of sp³-hybridized carbons (Fsp3) is 0.462. The fourth-order valence-corrected chi connectivity index (χ4v) is 1.49. The first-order valence-corrected chi connectivity index (χ1v) is 5.47. The molecule has 1 atom stereocenters. The first-order valence-electron chi connectivity index (χ1n) is 5.47. The van der Waals surface area contributed by atoms with E-state index in [9.17, 15) is 4.79 Å². The third-order valence-electron chi connectivity index (χ3n) is 3.07. The van der Waals surface area contributed by atoms with Crippen molar-refractivity contribution in [1.82, 2.24) is 0 Å². The summed E-state index contributed by atoms with van der Waals surface area (Å²) in [6.07, 6.45) is 1.50. The van der Waals surface area contributed by atoms with Crippen LogP contribution in [0.2, 0.25) is 0 Å². The van der Waals surface area contributed by atoms with E-state index in [-0.39, 0.29) is 6.04 Å². The van der Waals surface area contributed by atoms with Crippen LogP contribution in [0.4, 0.5) is 0 Å². The van der Waals surface area contributed by atoms with Crippen LogP contribution < -0.4 is 5.73 Å². The van der Waals surface area contributed by atoms with Crippen LogP contribution in [0.5, 0.6) is 0 Å². The highest BCUT2D eigenvalue weighted by atomic mass is 16.4. The molecule has 0 heterocycles. The Morgan fingerprint density at radius 1 is 1.38 bits per heavy atom. The van der Waals surface area contributed by atoms with E-state index in [1.165, 1.54) is 5.56 Å². The van der Waals surface area contributed by atoms with Gasteiger partial charge in [-0.3, -0.25) is 4.79 Å². The number of benzene rings is 1. The number of rotatable bonds is 5. The first-order chi connectivity index (χ1) is 7.44. The van der Waals surface area contributed by atoms with E-state index < -0.39 is 11.4 Å². The van der Waals surface area contributed by atoms with Crippen molar-refractivity contribution in [3.05, 3.63) is 35.9 Å². The number of aryl methyl sites for hydroxylation is 1. The van der Waals surface area contributed by atoms with Crippen LogP contribution in [0.1, 0.15) is 25.8 Å². The third kappa shape index (κ3) is 3.07. The molecule has 88 valence electrons. The summed E-state index contributed by atoms with van der Waals surface area (Å²) in [5.74, 6) is -0.840. The molecule has 1 aromatic rings. The van der Waals surface area contributed by atoms with Gasteiger partial charge in [-0.05, 0) is 32.3 Å². The van der Waals surface area contributed by atoms with Crippen molar-refractivity contribution < 1.29 is 9.90 Å². The molecule has 16 heavy (non-hydrogen) atoms. The van der Waals surface area contributed by atoms with Crippen LogP contribution in [0.3, 0.4) is 0 Å². The minimum atomic E-state index is -0.866. The number of nitrogens with two attached hydrogens (primary N) is 1. The number of hydrogen-bond acceptors (Lipinski definition) is 2. The van der Waals surface area contributed by atoms with Crippen molar-refractivity contribution in [2.75, 3.05) is 0 Å². The molecule has 0 spiro atoms. The highest BCUT2D eigenvalue weighted by Crippen LogP contribution is 2.22. The van der Waals surface area contributed by atoms with Gasteiger partial charge in [0.2, 0.25) is 0 Å². The maximum absolute atomic E-state index is 11.0. The van der Waals surface area contributed by atoms with Gasteiger partial charge in [-0.15, -0.1) is 0 Å². The van der Waals surface area contributed by atoms with Crippen LogP contribution in [0.15, 0.2) is 30.3 Å². The average molecular weight is 221 g/mol. The molecular weight excluding hydrogens is 202 g/mol. The lowest BCUT2D eigenvalue weighted by Crippen LogP contribution is -2.43. The van der Waals surface area contributed by atoms with E-state index in [4.69, 9.17) is 10.8 Å². The molecule has 3 N–H and O–H groups in total. The zero-order chi connectivity index (χ0) is 12.2. The van der Waals surface area contributed by atoms with E-state index in [1.54, 1.807) is 13.8 Å². The lowest BCUT2D eigenvalue weighted by molar-refractivity contribution is -0.148. The van der Waals surface area contributed by atoms with E-state index >= 15 is 0 Å². The van der Waals surface area contributed by atoms with Gasteiger partial charge in [0.1, 0.15) is 0 Å². The maximum Gasteiger partial charge on any atom is 0.310 e. The molecule has 0 saturated carbocycles. The summed E-state index contributed by atoms with van der Waals surface area (Å²) in [5.41, 5.74) is 6.25. The standard InChI is InChI=1S/C13H19NO2/c1-13(2,12(15)16)11(14)9-8-10-6-4-3-5-7-10/h3-7,11H,8-9,14H2,1-2H3,(H,15,16). The lowest BCUT2D eigenvalue weighted by Gasteiger charge is -2.26. The Balaban J connectivity index is 2.53. The molecule has 1 unspecified atom stereocenters. The number of carboxylic acid groups (broad SMARTS) is 1. The van der Waals surface area contributed by atoms with Crippen molar-refractivity contribution in [3.63, 3.8) is 0 Å². The van der Waals surface area contributed by atoms with Gasteiger partial charge in [-0.1, -0.05) is 30.3 Å². The highest BCUT2D eigenvalue weighted by Gasteiger charge is 2.33. The van der Waals surface area contributed by atoms with Crippen LogP contribution in [0.25, 0.3) is 0 Å². The van der Waals surface area contributed by atoms with Gasteiger partial charge in [0.25, 0.3) is 0 Å². The van der Waals surface area contributed by atoms with E-state index in [0.29, 0.717) is 6.42 Å². The van der Waals surface area contributed by atoms with Gasteiger partial charge >= 0.3 is 5.97 Å². The molecule has 3 heteroatoms. The monoisotopic (exact) mass is 221 g/mol. The van der Waals surface area contributed by atoms with Crippen LogP contribution in [-0.4, -0.2) is 17.1 Å². The Bertz CT molecular complexity index is 346. The van der Waals surface area contributed by atoms with Crippen molar-refractivity contribution in [2.24, 2.45) is 11.1 Å². The van der Waals surface area contributed by atoms with Crippen molar-refractivity contribution in [3.8, 4) is 0 Å². The van der Waals surface area contributed by atoms with Crippen LogP contribution in [0, 0.1) is 5.41 Å². The van der Waals surface area contributed by atoms with Crippen LogP contribution >= 0.6 is 0 Å². The smallest absolute Gasteiger partial charge is 0.310 e. The Labute approximate surface area is 96.3 Å². The molecule has 0 saturated heterocycles. The second-order valence-corrected chi connectivity index (χ2v) is 4.66. The molecule has 0 aromatic heterocycles. The van der Waals surface area contributed by atoms with E-state index in [1.807, 2.05) is 30.3 Å². The van der Waals surface area contributed by atoms with Crippen molar-refractivity contribution >= 4 is 5.97 Å². The molecular formula is C13H19NO2. The van der Waals surface area contributed by atoms with Gasteiger partial charge < -0.3 is 10.8 Å². The molecule has 0 fully saturated rings. The van der Waals surface area contributed by atoms with Crippen molar-refractivity contribution in [2.45, 2.75) is 32.7 Å². The maximum atomic E-state index is 11.0. The molecule has 1 aromatic carbocycles. The predicted molar refractivity (Wildman–Crippen MR) is 64.2 cm³/mol. The van der Waals surface area contributed by atoms with Gasteiger partial charge in [0.15, 0.2) is 0 Å². The first kappa shape index (κ1) is 12.7. The number of hydrogen-bond donors (Lipinski definition) is 2. The zero-order valence-corrected chi connectivity index (χ0v) is 9.81. The second kappa shape index (κ2) is 5.12. The minimum Gasteiger partial charge on any atom is -0.481 e. The Morgan fingerprint density at radius 2 is 1.94 bits per heavy atom. The predicted octanol–water partition coefficient (Wildman–Crippen LogP) is 2.06. The van der Waals surface area contributed by atoms with Crippen molar-refractivity contribution in [1.29, 1.82) is 0 Å². The summed E-state index contributed by atoms with van der Waals surface area (Å²) >= 11 is 0. The summed E-state index contributed by atoms with van der Waals surface area (Å²) in [6, 6.07) is 9.64. The molecule has 3 nitrogen and oxygen atoms in total. The largest absolute Gasteiger partial charge is 0.481 e. The molecule has 0 bridgehead atoms. The molecule has 1 rings (SSSR count). The summed E-state index contributed by atoms with van der Waals surface area (Å²) in [4.78, 5) is 11.0. The number of aliphatic carboxylic acids is 1. The van der Waals surface area contributed by atoms with Gasteiger partial charge in [-0.25, -0.2) is 0 Å². The normalized spacial score (nSPS) is 13.4. The highest BCUT2D eigenvalue weighted by molar-refractivity contribution is 5.74. The number of carboxylic acids is 1. The molecule has 0 amide bonds. The van der Waals surface area contributed by atoms with Gasteiger partial charge in [-0.2, -0.15) is 0 Å². The molecule has 0 aliphatic carbocycles. The topological polar surface area (TPSA) is 63.3 Å². The van der Waals surface area contributed by atoms with Gasteiger partial charge in [0, 0.05) is 6.04 Å². The third-order valence-corrected chi connectivity index (χ3v) is 3.07. The van der Waals surface area contributed by atoms with E-state index in [2.05, 4.69) is 0 Å². The summed E-state index contributed by atoms with van der Waals surface area (Å²) < 4.78 is 0. The van der Waals surface area contributed by atoms with Crippen LogP contribution in [-0.2, 0) is 11.2 Å². The fourth-order valence-electron chi connectivity index (χ4n) is 1.49. The SMILES string of the molecule is CC(C)(C(=O)O)C(N)CCc1ccccc1. The molecule has 0 radical (unpaired) electrons. The lowest BCUT2D eigenvalue weighted by atomic mass is 9.82.